The van der Waals surface area contributed by atoms with Gasteiger partial charge in [0.1, 0.15) is 0 Å². The maximum absolute atomic E-state index is 5.38. The number of hydrogen-bond donors (Lipinski definition) is 0. The number of pyridine rings is 1. The average Bonchev–Trinajstić information content (AvgIpc) is 3.55. The molecule has 1 aliphatic carbocycles. The van der Waals surface area contributed by atoms with Crippen molar-refractivity contribution in [1.29, 1.82) is 0 Å². The van der Waals surface area contributed by atoms with Gasteiger partial charge in [0.05, 0.1) is 5.69 Å². The molecule has 12 rings (SSSR count). The lowest BCUT2D eigenvalue weighted by atomic mass is 9.80. The van der Waals surface area contributed by atoms with Crippen LogP contribution in [0.3, 0.4) is 0 Å². The monoisotopic (exact) mass is 775 g/mol. The van der Waals surface area contributed by atoms with Crippen molar-refractivity contribution in [3.63, 3.8) is 0 Å². The van der Waals surface area contributed by atoms with Gasteiger partial charge in [-0.25, -0.2) is 0 Å². The van der Waals surface area contributed by atoms with Gasteiger partial charge in [-0.15, -0.1) is 0 Å². The van der Waals surface area contributed by atoms with Gasteiger partial charge in [0, 0.05) is 22.7 Å². The van der Waals surface area contributed by atoms with E-state index >= 15 is 0 Å². The lowest BCUT2D eigenvalue weighted by Crippen LogP contribution is -2.14. The summed E-state index contributed by atoms with van der Waals surface area (Å²) in [4.78, 5) is 5.38. The maximum Gasteiger partial charge on any atom is 0.0714 e. The van der Waals surface area contributed by atoms with Crippen molar-refractivity contribution >= 4 is 43.1 Å². The van der Waals surface area contributed by atoms with E-state index in [1.807, 2.05) is 0 Å². The van der Waals surface area contributed by atoms with Crippen LogP contribution in [0.5, 0.6) is 0 Å². The van der Waals surface area contributed by atoms with E-state index in [0.717, 1.165) is 16.8 Å². The van der Waals surface area contributed by atoms with Crippen molar-refractivity contribution in [1.82, 2.24) is 4.98 Å². The summed E-state index contributed by atoms with van der Waals surface area (Å²) in [6.07, 6.45) is 2.10. The third kappa shape index (κ3) is 5.44. The summed E-state index contributed by atoms with van der Waals surface area (Å²) in [5, 5.41) is 9.78. The van der Waals surface area contributed by atoms with Gasteiger partial charge >= 0.3 is 0 Å². The van der Waals surface area contributed by atoms with Gasteiger partial charge in [0.25, 0.3) is 0 Å². The minimum atomic E-state index is -0.0798. The molecule has 0 N–H and O–H groups in total. The first kappa shape index (κ1) is 35.3. The number of rotatable bonds is 5. The van der Waals surface area contributed by atoms with Crippen LogP contribution in [0.15, 0.2) is 212 Å². The molecule has 1 aromatic heterocycles. The molecule has 0 atom stereocenters. The van der Waals surface area contributed by atoms with Gasteiger partial charge in [0.15, 0.2) is 0 Å². The van der Waals surface area contributed by atoms with Gasteiger partial charge in [0.2, 0.25) is 0 Å². The molecule has 61 heavy (non-hydrogen) atoms. The molecule has 1 heterocycles. The van der Waals surface area contributed by atoms with E-state index in [1.54, 1.807) is 0 Å². The number of benzene rings is 10. The fraction of sp³-hybridized carbons (Fsp3) is 0.0500. The SMILES string of the molecule is CC1(C)c2ccccc2-c2ccc(-c3c4ccccc4c(-c4ccc(-c5c6ccccc6c(-c6ccccc6)c6cc(-c7ccccc7)ccc56)nc4)c4ccccc34)cc21. The Balaban J connectivity index is 1.05. The lowest BCUT2D eigenvalue weighted by Gasteiger charge is -2.23. The molecular formula is C60H41N. The van der Waals surface area contributed by atoms with Crippen LogP contribution in [0.25, 0.3) is 110 Å². The molecule has 0 bridgehead atoms. The van der Waals surface area contributed by atoms with Gasteiger partial charge in [-0.2, -0.15) is 0 Å². The molecule has 0 fully saturated rings. The van der Waals surface area contributed by atoms with E-state index in [-0.39, 0.29) is 5.41 Å². The van der Waals surface area contributed by atoms with E-state index in [0.29, 0.717) is 0 Å². The van der Waals surface area contributed by atoms with Gasteiger partial charge in [-0.3, -0.25) is 4.98 Å². The predicted molar refractivity (Wildman–Crippen MR) is 259 cm³/mol. The molecule has 11 aromatic rings. The molecule has 0 amide bonds. The highest BCUT2D eigenvalue weighted by atomic mass is 14.7. The van der Waals surface area contributed by atoms with Crippen molar-refractivity contribution in [2.75, 3.05) is 0 Å². The average molecular weight is 776 g/mol. The Morgan fingerprint density at radius 2 is 0.754 bits per heavy atom. The standard InChI is InChI=1S/C60H41N/c1-60(2)53-28-16-15-21-43(53)44-32-30-41(36-54(44)60)57-45-22-9-11-24-47(45)58(48-25-12-10-23-46(48)57)42-31-34-55(61-37-42)59-50-27-14-13-26-49(50)56(39-19-7-4-8-20-39)52-35-40(29-33-51(52)59)38-17-5-3-6-18-38/h3-37H,1-2H3. The zero-order chi connectivity index (χ0) is 40.7. The Morgan fingerprint density at radius 1 is 0.295 bits per heavy atom. The minimum absolute atomic E-state index is 0.0798. The minimum Gasteiger partial charge on any atom is -0.256 e. The van der Waals surface area contributed by atoms with E-state index in [9.17, 15) is 0 Å². The summed E-state index contributed by atoms with van der Waals surface area (Å²) in [6, 6.07) is 75.7. The first-order chi connectivity index (χ1) is 30.0. The van der Waals surface area contributed by atoms with Crippen LogP contribution in [0, 0.1) is 0 Å². The molecule has 0 saturated heterocycles. The Labute approximate surface area is 356 Å². The van der Waals surface area contributed by atoms with Crippen LogP contribution in [-0.4, -0.2) is 4.98 Å². The molecule has 0 spiro atoms. The molecule has 0 aliphatic heterocycles. The summed E-state index contributed by atoms with van der Waals surface area (Å²) in [5.74, 6) is 0. The Morgan fingerprint density at radius 3 is 1.36 bits per heavy atom. The van der Waals surface area contributed by atoms with Gasteiger partial charge < -0.3 is 0 Å². The van der Waals surface area contributed by atoms with Crippen molar-refractivity contribution in [2.24, 2.45) is 0 Å². The van der Waals surface area contributed by atoms with Crippen molar-refractivity contribution in [3.8, 4) is 66.9 Å². The van der Waals surface area contributed by atoms with Crippen LogP contribution >= 0.6 is 0 Å². The molecule has 0 unspecified atom stereocenters. The van der Waals surface area contributed by atoms with Crippen LogP contribution in [-0.2, 0) is 5.41 Å². The van der Waals surface area contributed by atoms with E-state index < -0.39 is 0 Å². The van der Waals surface area contributed by atoms with Gasteiger partial charge in [-0.1, -0.05) is 202 Å². The topological polar surface area (TPSA) is 12.9 Å². The number of nitrogens with zero attached hydrogens (tertiary/aromatic N) is 1. The van der Waals surface area contributed by atoms with E-state index in [2.05, 4.69) is 226 Å². The molecule has 10 aromatic carbocycles. The molecule has 1 heteroatoms. The Kier molecular flexibility index (Phi) is 7.95. The highest BCUT2D eigenvalue weighted by molar-refractivity contribution is 6.23. The summed E-state index contributed by atoms with van der Waals surface area (Å²) >= 11 is 0. The summed E-state index contributed by atoms with van der Waals surface area (Å²) < 4.78 is 0. The van der Waals surface area contributed by atoms with E-state index in [1.165, 1.54) is 104 Å². The van der Waals surface area contributed by atoms with Crippen LogP contribution in [0.1, 0.15) is 25.0 Å². The normalized spacial score (nSPS) is 12.9. The summed E-state index contributed by atoms with van der Waals surface area (Å²) in [5.41, 5.74) is 17.2. The van der Waals surface area contributed by atoms with Crippen LogP contribution in [0.4, 0.5) is 0 Å². The number of fused-ring (bicyclic) bond motifs is 7. The largest absolute Gasteiger partial charge is 0.256 e. The molecule has 0 saturated carbocycles. The second-order valence-electron chi connectivity index (χ2n) is 17.0. The van der Waals surface area contributed by atoms with Crippen molar-refractivity contribution < 1.29 is 0 Å². The van der Waals surface area contributed by atoms with Crippen LogP contribution in [0.2, 0.25) is 0 Å². The second kappa shape index (κ2) is 13.7. The summed E-state index contributed by atoms with van der Waals surface area (Å²) in [6.45, 7) is 4.73. The zero-order valence-electron chi connectivity index (χ0n) is 34.2. The van der Waals surface area contributed by atoms with E-state index in [4.69, 9.17) is 4.98 Å². The molecule has 1 aliphatic rings. The summed E-state index contributed by atoms with van der Waals surface area (Å²) in [7, 11) is 0. The maximum atomic E-state index is 5.38. The first-order valence-electron chi connectivity index (χ1n) is 21.3. The Bertz CT molecular complexity index is 3470. The first-order valence-corrected chi connectivity index (χ1v) is 21.3. The molecule has 286 valence electrons. The Hall–Kier alpha value is -7.61. The fourth-order valence-corrected chi connectivity index (χ4v) is 10.5. The van der Waals surface area contributed by atoms with Gasteiger partial charge in [-0.05, 0) is 122 Å². The van der Waals surface area contributed by atoms with Crippen LogP contribution < -0.4 is 0 Å². The lowest BCUT2D eigenvalue weighted by molar-refractivity contribution is 0.660. The third-order valence-electron chi connectivity index (χ3n) is 13.3. The molecular weight excluding hydrogens is 735 g/mol. The second-order valence-corrected chi connectivity index (χ2v) is 17.0. The van der Waals surface area contributed by atoms with Crippen molar-refractivity contribution in [3.05, 3.63) is 224 Å². The van der Waals surface area contributed by atoms with Crippen molar-refractivity contribution in [2.45, 2.75) is 19.3 Å². The molecule has 0 radical (unpaired) electrons. The predicted octanol–water partition coefficient (Wildman–Crippen LogP) is 16.3. The zero-order valence-corrected chi connectivity index (χ0v) is 34.2. The highest BCUT2D eigenvalue weighted by Crippen LogP contribution is 2.52. The smallest absolute Gasteiger partial charge is 0.0714 e. The quantitative estimate of drug-likeness (QED) is 0.159. The number of hydrogen-bond acceptors (Lipinski definition) is 1. The number of aromatic nitrogens is 1. The fourth-order valence-electron chi connectivity index (χ4n) is 10.5. The third-order valence-corrected chi connectivity index (χ3v) is 13.3. The highest BCUT2D eigenvalue weighted by Gasteiger charge is 2.35. The molecule has 1 nitrogen and oxygen atoms in total.